The van der Waals surface area contributed by atoms with Gasteiger partial charge in [0.15, 0.2) is 0 Å². The van der Waals surface area contributed by atoms with Gasteiger partial charge in [-0.05, 0) is 38.9 Å². The van der Waals surface area contributed by atoms with Crippen LogP contribution in [0.5, 0.6) is 0 Å². The van der Waals surface area contributed by atoms with Crippen molar-refractivity contribution in [3.05, 3.63) is 132 Å². The highest BCUT2D eigenvalue weighted by molar-refractivity contribution is 6.98. The van der Waals surface area contributed by atoms with Gasteiger partial charge in [-0.1, -0.05) is 135 Å². The average Bonchev–Trinajstić information content (AvgIpc) is 2.89. The van der Waals surface area contributed by atoms with Gasteiger partial charge < -0.3 is 4.80 Å². The zero-order chi connectivity index (χ0) is 24.3. The van der Waals surface area contributed by atoms with Crippen molar-refractivity contribution in [3.8, 4) is 0 Å². The minimum atomic E-state index is -2.97. The molecule has 2 nitrogen and oxygen atoms in total. The van der Waals surface area contributed by atoms with E-state index in [1.165, 1.54) is 11.1 Å². The minimum absolute atomic E-state index is 0.207. The highest BCUT2D eigenvalue weighted by Gasteiger charge is 2.52. The Hall–Kier alpha value is -2.98. The van der Waals surface area contributed by atoms with Crippen LogP contribution in [0.3, 0.4) is 0 Å². The molecule has 1 N–H and O–H groups in total. The Morgan fingerprint density at radius 1 is 0.686 bits per heavy atom. The zero-order valence-electron chi connectivity index (χ0n) is 20.7. The molecule has 0 spiro atoms. The summed E-state index contributed by atoms with van der Waals surface area (Å²) in [7, 11) is -2.97. The van der Waals surface area contributed by atoms with Crippen LogP contribution in [0.1, 0.15) is 37.4 Å². The standard InChI is InChI=1S/C32H35NOSi/c1-32(2,35(34,29-19-11-5-12-20-29)30-21-13-6-14-22-30)23-26-24-33(25-26)31(27-15-7-3-8-16-27)28-17-9-4-10-18-28/h3-22,26,31,34H,23-25H2,1-2H3. The third kappa shape index (κ3) is 4.64. The molecule has 0 aliphatic carbocycles. The van der Waals surface area contributed by atoms with Gasteiger partial charge in [-0.25, -0.2) is 0 Å². The molecular weight excluding hydrogens is 442 g/mol. The molecule has 1 aliphatic rings. The molecule has 0 bridgehead atoms. The van der Waals surface area contributed by atoms with Crippen LogP contribution in [-0.4, -0.2) is 31.1 Å². The van der Waals surface area contributed by atoms with E-state index in [0.29, 0.717) is 5.92 Å². The van der Waals surface area contributed by atoms with E-state index in [0.717, 1.165) is 29.9 Å². The normalized spacial score (nSPS) is 15.2. The Morgan fingerprint density at radius 3 is 1.46 bits per heavy atom. The highest BCUT2D eigenvalue weighted by atomic mass is 28.4. The summed E-state index contributed by atoms with van der Waals surface area (Å²) >= 11 is 0. The summed E-state index contributed by atoms with van der Waals surface area (Å²) in [6, 6.07) is 42.7. The van der Waals surface area contributed by atoms with Crippen molar-refractivity contribution in [2.75, 3.05) is 13.1 Å². The lowest BCUT2D eigenvalue weighted by molar-refractivity contribution is 0.0560. The maximum Gasteiger partial charge on any atom is 0.258 e. The van der Waals surface area contributed by atoms with Gasteiger partial charge in [-0.2, -0.15) is 0 Å². The summed E-state index contributed by atoms with van der Waals surface area (Å²) in [4.78, 5) is 15.1. The van der Waals surface area contributed by atoms with Crippen LogP contribution >= 0.6 is 0 Å². The molecule has 0 amide bonds. The Labute approximate surface area is 211 Å². The van der Waals surface area contributed by atoms with Gasteiger partial charge in [0.25, 0.3) is 8.32 Å². The van der Waals surface area contributed by atoms with E-state index in [4.69, 9.17) is 0 Å². The van der Waals surface area contributed by atoms with Crippen molar-refractivity contribution < 1.29 is 4.80 Å². The van der Waals surface area contributed by atoms with Gasteiger partial charge in [-0.15, -0.1) is 0 Å². The van der Waals surface area contributed by atoms with Crippen LogP contribution in [0.25, 0.3) is 0 Å². The SMILES string of the molecule is CC(C)(CC1CN(C(c2ccccc2)c2ccccc2)C1)[Si](O)(c1ccccc1)c1ccccc1. The molecule has 3 heteroatoms. The third-order valence-electron chi connectivity index (χ3n) is 7.74. The number of benzene rings is 4. The fraction of sp³-hybridized carbons (Fsp3) is 0.250. The smallest absolute Gasteiger partial charge is 0.258 e. The van der Waals surface area contributed by atoms with E-state index in [1.807, 2.05) is 12.1 Å². The lowest BCUT2D eigenvalue weighted by Crippen LogP contribution is -2.66. The monoisotopic (exact) mass is 477 g/mol. The topological polar surface area (TPSA) is 23.5 Å². The lowest BCUT2D eigenvalue weighted by Gasteiger charge is -2.50. The molecule has 1 fully saturated rings. The molecule has 1 heterocycles. The van der Waals surface area contributed by atoms with E-state index in [-0.39, 0.29) is 11.1 Å². The van der Waals surface area contributed by atoms with Crippen molar-refractivity contribution in [2.24, 2.45) is 5.92 Å². The van der Waals surface area contributed by atoms with Gasteiger partial charge in [0.05, 0.1) is 6.04 Å². The molecule has 0 atom stereocenters. The van der Waals surface area contributed by atoms with Gasteiger partial charge >= 0.3 is 0 Å². The number of nitrogens with zero attached hydrogens (tertiary/aromatic N) is 1. The first-order valence-electron chi connectivity index (χ1n) is 12.7. The molecule has 1 saturated heterocycles. The molecule has 178 valence electrons. The number of hydrogen-bond acceptors (Lipinski definition) is 2. The van der Waals surface area contributed by atoms with Gasteiger partial charge in [-0.3, -0.25) is 4.90 Å². The number of hydrogen-bond donors (Lipinski definition) is 1. The van der Waals surface area contributed by atoms with Crippen LogP contribution in [0.2, 0.25) is 5.04 Å². The van der Waals surface area contributed by atoms with Gasteiger partial charge in [0.1, 0.15) is 0 Å². The van der Waals surface area contributed by atoms with Crippen LogP contribution < -0.4 is 10.4 Å². The Kier molecular flexibility index (Phi) is 6.75. The maximum absolute atomic E-state index is 12.5. The molecule has 0 radical (unpaired) electrons. The predicted octanol–water partition coefficient (Wildman–Crippen LogP) is 5.63. The lowest BCUT2D eigenvalue weighted by atomic mass is 9.85. The summed E-state index contributed by atoms with van der Waals surface area (Å²) in [5.74, 6) is 0.561. The summed E-state index contributed by atoms with van der Waals surface area (Å²) in [5, 5.41) is 1.99. The fourth-order valence-electron chi connectivity index (χ4n) is 6.01. The van der Waals surface area contributed by atoms with Crippen molar-refractivity contribution in [1.29, 1.82) is 0 Å². The van der Waals surface area contributed by atoms with E-state index in [2.05, 4.69) is 128 Å². The minimum Gasteiger partial charge on any atom is -0.424 e. The van der Waals surface area contributed by atoms with Crippen LogP contribution in [0.4, 0.5) is 0 Å². The fourth-order valence-corrected chi connectivity index (χ4v) is 9.84. The van der Waals surface area contributed by atoms with Crippen LogP contribution in [-0.2, 0) is 0 Å². The first-order chi connectivity index (χ1) is 17.0. The molecule has 4 aromatic rings. The molecule has 5 rings (SSSR count). The second-order valence-corrected chi connectivity index (χ2v) is 14.5. The summed E-state index contributed by atoms with van der Waals surface area (Å²) in [6.07, 6.45) is 1.01. The molecule has 0 aromatic heterocycles. The average molecular weight is 478 g/mol. The second-order valence-electron chi connectivity index (χ2n) is 10.6. The Bertz CT molecular complexity index is 1130. The first-order valence-corrected chi connectivity index (χ1v) is 14.6. The molecule has 1 aliphatic heterocycles. The van der Waals surface area contributed by atoms with Crippen molar-refractivity contribution in [2.45, 2.75) is 31.3 Å². The van der Waals surface area contributed by atoms with E-state index < -0.39 is 8.32 Å². The summed E-state index contributed by atoms with van der Waals surface area (Å²) < 4.78 is 0. The Morgan fingerprint density at radius 2 is 1.06 bits per heavy atom. The largest absolute Gasteiger partial charge is 0.424 e. The second kappa shape index (κ2) is 9.94. The molecule has 4 aromatic carbocycles. The quantitative estimate of drug-likeness (QED) is 0.333. The van der Waals surface area contributed by atoms with Crippen molar-refractivity contribution >= 4 is 18.7 Å². The van der Waals surface area contributed by atoms with Crippen LogP contribution in [0.15, 0.2) is 121 Å². The van der Waals surface area contributed by atoms with Crippen molar-refractivity contribution in [1.82, 2.24) is 4.90 Å². The van der Waals surface area contributed by atoms with Gasteiger partial charge in [0, 0.05) is 13.1 Å². The maximum atomic E-state index is 12.5. The van der Waals surface area contributed by atoms with Gasteiger partial charge in [0.2, 0.25) is 0 Å². The van der Waals surface area contributed by atoms with Crippen molar-refractivity contribution in [3.63, 3.8) is 0 Å². The summed E-state index contributed by atoms with van der Waals surface area (Å²) in [5.41, 5.74) is 2.69. The molecule has 35 heavy (non-hydrogen) atoms. The number of likely N-dealkylation sites (tertiary alicyclic amines) is 1. The van der Waals surface area contributed by atoms with Crippen LogP contribution in [0, 0.1) is 5.92 Å². The first kappa shape index (κ1) is 23.7. The molecular formula is C32H35NOSi. The van der Waals surface area contributed by atoms with E-state index >= 15 is 0 Å². The third-order valence-corrected chi connectivity index (χ3v) is 12.2. The number of rotatable bonds is 8. The zero-order valence-corrected chi connectivity index (χ0v) is 21.7. The molecule has 0 unspecified atom stereocenters. The van der Waals surface area contributed by atoms with E-state index in [9.17, 15) is 4.80 Å². The predicted molar refractivity (Wildman–Crippen MR) is 149 cm³/mol. The Balaban J connectivity index is 1.39. The van der Waals surface area contributed by atoms with E-state index in [1.54, 1.807) is 0 Å². The highest BCUT2D eigenvalue weighted by Crippen LogP contribution is 2.45. The summed E-state index contributed by atoms with van der Waals surface area (Å²) in [6.45, 7) is 6.67. The molecule has 0 saturated carbocycles.